The molecular weight excluding hydrogens is 346 g/mol. The molecule has 0 unspecified atom stereocenters. The largest absolute Gasteiger partial charge is 0.497 e. The number of ether oxygens (including phenoxy) is 2. The SMILES string of the molecule is COc1ccc(/C=C2\SC(=S)N(CC(=O)OCC(C)C)C2=O)cc1. The monoisotopic (exact) mass is 365 g/mol. The number of thiocarbonyl (C=S) groups is 1. The Morgan fingerprint density at radius 3 is 2.58 bits per heavy atom. The predicted octanol–water partition coefficient (Wildman–Crippen LogP) is 3.10. The molecular formula is C17H19NO4S2. The van der Waals surface area contributed by atoms with Crippen molar-refractivity contribution in [1.29, 1.82) is 0 Å². The van der Waals surface area contributed by atoms with Crippen molar-refractivity contribution >= 4 is 46.3 Å². The van der Waals surface area contributed by atoms with Crippen molar-refractivity contribution in [2.24, 2.45) is 5.92 Å². The molecule has 1 fully saturated rings. The topological polar surface area (TPSA) is 55.8 Å². The third-order valence-electron chi connectivity index (χ3n) is 3.15. The van der Waals surface area contributed by atoms with Gasteiger partial charge in [-0.05, 0) is 29.7 Å². The molecule has 0 spiro atoms. The van der Waals surface area contributed by atoms with E-state index < -0.39 is 5.97 Å². The standard InChI is InChI=1S/C17H19NO4S2/c1-11(2)10-22-15(19)9-18-16(20)14(24-17(18)23)8-12-4-6-13(21-3)7-5-12/h4-8,11H,9-10H2,1-3H3/b14-8-. The van der Waals surface area contributed by atoms with Crippen LogP contribution in [0.25, 0.3) is 6.08 Å². The van der Waals surface area contributed by atoms with E-state index in [-0.39, 0.29) is 18.4 Å². The highest BCUT2D eigenvalue weighted by atomic mass is 32.2. The Hall–Kier alpha value is -1.86. The van der Waals surface area contributed by atoms with Gasteiger partial charge in [-0.1, -0.05) is 50.0 Å². The van der Waals surface area contributed by atoms with Crippen LogP contribution in [0.15, 0.2) is 29.2 Å². The Kier molecular flexibility index (Phi) is 6.39. The summed E-state index contributed by atoms with van der Waals surface area (Å²) in [5.74, 6) is 0.260. The maximum Gasteiger partial charge on any atom is 0.326 e. The summed E-state index contributed by atoms with van der Waals surface area (Å²) in [6, 6.07) is 7.33. The lowest BCUT2D eigenvalue weighted by molar-refractivity contribution is -0.147. The second-order valence-corrected chi connectivity index (χ2v) is 7.29. The molecule has 7 heteroatoms. The third-order valence-corrected chi connectivity index (χ3v) is 4.53. The summed E-state index contributed by atoms with van der Waals surface area (Å²) in [5.41, 5.74) is 0.860. The summed E-state index contributed by atoms with van der Waals surface area (Å²) in [7, 11) is 1.60. The van der Waals surface area contributed by atoms with Crippen LogP contribution in [-0.2, 0) is 14.3 Å². The molecule has 0 bridgehead atoms. The molecule has 1 aromatic carbocycles. The van der Waals surface area contributed by atoms with E-state index in [0.29, 0.717) is 15.8 Å². The average Bonchev–Trinajstić information content (AvgIpc) is 2.81. The normalized spacial score (nSPS) is 16.2. The smallest absolute Gasteiger partial charge is 0.326 e. The molecule has 0 aromatic heterocycles. The number of hydrogen-bond acceptors (Lipinski definition) is 6. The second kappa shape index (κ2) is 8.30. The Morgan fingerprint density at radius 1 is 1.33 bits per heavy atom. The number of thioether (sulfide) groups is 1. The molecule has 0 atom stereocenters. The molecule has 5 nitrogen and oxygen atoms in total. The molecule has 0 radical (unpaired) electrons. The zero-order chi connectivity index (χ0) is 17.7. The highest BCUT2D eigenvalue weighted by molar-refractivity contribution is 8.26. The van der Waals surface area contributed by atoms with Crippen LogP contribution in [0.3, 0.4) is 0 Å². The van der Waals surface area contributed by atoms with Crippen LogP contribution in [0.2, 0.25) is 0 Å². The number of amides is 1. The first-order valence-corrected chi connectivity index (χ1v) is 8.68. The average molecular weight is 365 g/mol. The minimum absolute atomic E-state index is 0.155. The van der Waals surface area contributed by atoms with Gasteiger partial charge in [0, 0.05) is 0 Å². The summed E-state index contributed by atoms with van der Waals surface area (Å²) in [6.07, 6.45) is 1.75. The van der Waals surface area contributed by atoms with Crippen molar-refractivity contribution < 1.29 is 19.1 Å². The Labute approximate surface area is 151 Å². The molecule has 1 aliphatic heterocycles. The van der Waals surface area contributed by atoms with E-state index in [1.54, 1.807) is 13.2 Å². The molecule has 0 aliphatic carbocycles. The zero-order valence-electron chi connectivity index (χ0n) is 13.8. The van der Waals surface area contributed by atoms with Gasteiger partial charge in [0.2, 0.25) is 0 Å². The van der Waals surface area contributed by atoms with Crippen LogP contribution < -0.4 is 4.74 Å². The fourth-order valence-electron chi connectivity index (χ4n) is 1.92. The Balaban J connectivity index is 2.04. The summed E-state index contributed by atoms with van der Waals surface area (Å²) >= 11 is 6.39. The second-order valence-electron chi connectivity index (χ2n) is 5.62. The van der Waals surface area contributed by atoms with Gasteiger partial charge in [0.25, 0.3) is 5.91 Å². The first-order valence-electron chi connectivity index (χ1n) is 7.45. The highest BCUT2D eigenvalue weighted by Crippen LogP contribution is 2.32. The summed E-state index contributed by atoms with van der Waals surface area (Å²) in [5, 5.41) is 0. The fourth-order valence-corrected chi connectivity index (χ4v) is 3.18. The van der Waals surface area contributed by atoms with Gasteiger partial charge in [-0.25, -0.2) is 0 Å². The van der Waals surface area contributed by atoms with Crippen molar-refractivity contribution in [3.63, 3.8) is 0 Å². The zero-order valence-corrected chi connectivity index (χ0v) is 15.4. The predicted molar refractivity (Wildman–Crippen MR) is 98.7 cm³/mol. The van der Waals surface area contributed by atoms with Gasteiger partial charge in [-0.15, -0.1) is 0 Å². The number of rotatable bonds is 6. The maximum absolute atomic E-state index is 12.4. The molecule has 2 rings (SSSR count). The van der Waals surface area contributed by atoms with E-state index in [0.717, 1.165) is 11.3 Å². The first-order chi connectivity index (χ1) is 11.4. The van der Waals surface area contributed by atoms with Crippen molar-refractivity contribution in [1.82, 2.24) is 4.90 Å². The first kappa shape index (κ1) is 18.5. The van der Waals surface area contributed by atoms with Crippen molar-refractivity contribution in [3.05, 3.63) is 34.7 Å². The van der Waals surface area contributed by atoms with Crippen LogP contribution in [0.1, 0.15) is 19.4 Å². The molecule has 1 aliphatic rings. The van der Waals surface area contributed by atoms with Gasteiger partial charge in [0.1, 0.15) is 16.6 Å². The molecule has 1 amide bonds. The number of hydrogen-bond donors (Lipinski definition) is 0. The van der Waals surface area contributed by atoms with E-state index in [9.17, 15) is 9.59 Å². The van der Waals surface area contributed by atoms with Gasteiger partial charge in [0.05, 0.1) is 18.6 Å². The molecule has 1 heterocycles. The summed E-state index contributed by atoms with van der Waals surface area (Å²) < 4.78 is 10.6. The van der Waals surface area contributed by atoms with Crippen LogP contribution in [0, 0.1) is 5.92 Å². The summed E-state index contributed by atoms with van der Waals surface area (Å²) in [4.78, 5) is 26.0. The lowest BCUT2D eigenvalue weighted by atomic mass is 10.2. The number of carbonyl (C=O) groups is 2. The summed E-state index contributed by atoms with van der Waals surface area (Å²) in [6.45, 7) is 4.07. The fraction of sp³-hybridized carbons (Fsp3) is 0.353. The number of carbonyl (C=O) groups excluding carboxylic acids is 2. The lowest BCUT2D eigenvalue weighted by Crippen LogP contribution is -2.34. The van der Waals surface area contributed by atoms with Crippen LogP contribution >= 0.6 is 24.0 Å². The van der Waals surface area contributed by atoms with E-state index in [1.165, 1.54) is 16.7 Å². The van der Waals surface area contributed by atoms with Crippen molar-refractivity contribution in [2.75, 3.05) is 20.3 Å². The number of esters is 1. The van der Waals surface area contributed by atoms with Gasteiger partial charge < -0.3 is 9.47 Å². The molecule has 1 aromatic rings. The van der Waals surface area contributed by atoms with E-state index in [1.807, 2.05) is 38.1 Å². The Bertz CT molecular complexity index is 668. The van der Waals surface area contributed by atoms with E-state index in [2.05, 4.69) is 0 Å². The number of benzene rings is 1. The van der Waals surface area contributed by atoms with Gasteiger partial charge >= 0.3 is 5.97 Å². The van der Waals surface area contributed by atoms with Crippen LogP contribution in [-0.4, -0.2) is 41.4 Å². The molecule has 1 saturated heterocycles. The van der Waals surface area contributed by atoms with Crippen LogP contribution in [0.4, 0.5) is 0 Å². The number of nitrogens with zero attached hydrogens (tertiary/aromatic N) is 1. The minimum atomic E-state index is -0.453. The van der Waals surface area contributed by atoms with Crippen molar-refractivity contribution in [2.45, 2.75) is 13.8 Å². The van der Waals surface area contributed by atoms with Crippen molar-refractivity contribution in [3.8, 4) is 5.75 Å². The highest BCUT2D eigenvalue weighted by Gasteiger charge is 2.33. The Morgan fingerprint density at radius 2 is 2.00 bits per heavy atom. The molecule has 0 N–H and O–H groups in total. The quantitative estimate of drug-likeness (QED) is 0.439. The minimum Gasteiger partial charge on any atom is -0.497 e. The van der Waals surface area contributed by atoms with Gasteiger partial charge in [0.15, 0.2) is 0 Å². The molecule has 128 valence electrons. The molecule has 0 saturated carbocycles. The van der Waals surface area contributed by atoms with Crippen LogP contribution in [0.5, 0.6) is 5.75 Å². The van der Waals surface area contributed by atoms with Gasteiger partial charge in [-0.2, -0.15) is 0 Å². The van der Waals surface area contributed by atoms with E-state index in [4.69, 9.17) is 21.7 Å². The number of methoxy groups -OCH3 is 1. The maximum atomic E-state index is 12.4. The lowest BCUT2D eigenvalue weighted by Gasteiger charge is -2.14. The van der Waals surface area contributed by atoms with Gasteiger partial charge in [-0.3, -0.25) is 14.5 Å². The van der Waals surface area contributed by atoms with E-state index >= 15 is 0 Å². The molecule has 24 heavy (non-hydrogen) atoms. The third kappa shape index (κ3) is 4.82.